The van der Waals surface area contributed by atoms with Crippen molar-refractivity contribution in [3.8, 4) is 5.75 Å². The molecule has 4 heterocycles. The third kappa shape index (κ3) is 3.33. The van der Waals surface area contributed by atoms with Crippen molar-refractivity contribution in [2.45, 2.75) is 25.5 Å². The lowest BCUT2D eigenvalue weighted by molar-refractivity contribution is -0.132. The van der Waals surface area contributed by atoms with Crippen molar-refractivity contribution in [1.82, 2.24) is 4.98 Å². The summed E-state index contributed by atoms with van der Waals surface area (Å²) in [4.78, 5) is 33.3. The van der Waals surface area contributed by atoms with Crippen LogP contribution < -0.4 is 9.64 Å². The first-order chi connectivity index (χ1) is 16.4. The van der Waals surface area contributed by atoms with Crippen LogP contribution in [0.25, 0.3) is 16.0 Å². The lowest BCUT2D eigenvalue weighted by Gasteiger charge is -2.21. The summed E-state index contributed by atoms with van der Waals surface area (Å²) in [5.74, 6) is -0.889. The topological polar surface area (TPSA) is 79.7 Å². The zero-order valence-corrected chi connectivity index (χ0v) is 20.2. The number of fused-ring (bicyclic) bond motifs is 2. The molecule has 0 radical (unpaired) electrons. The van der Waals surface area contributed by atoms with Crippen LogP contribution in [0.1, 0.15) is 29.0 Å². The van der Waals surface area contributed by atoms with Crippen molar-refractivity contribution in [3.05, 3.63) is 80.5 Å². The SMILES string of the molecule is CC1Cc2cc(/C(O)=C3\C(=O)C(=O)N(c4nc5ccc(Cl)cc5s4)C3c3cccs3)ccc2O1. The minimum Gasteiger partial charge on any atom is -0.507 e. The Morgan fingerprint density at radius 1 is 1.21 bits per heavy atom. The van der Waals surface area contributed by atoms with Gasteiger partial charge in [0, 0.05) is 21.9 Å². The molecule has 0 spiro atoms. The quantitative estimate of drug-likeness (QED) is 0.210. The third-order valence-corrected chi connectivity index (χ3v) is 8.15. The highest BCUT2D eigenvalue weighted by Gasteiger charge is 2.48. The number of carbonyl (C=O) groups excluding carboxylic acids is 2. The van der Waals surface area contributed by atoms with E-state index in [1.165, 1.54) is 27.6 Å². The second-order valence-electron chi connectivity index (χ2n) is 8.25. The number of amides is 1. The Morgan fingerprint density at radius 3 is 2.85 bits per heavy atom. The molecule has 170 valence electrons. The molecule has 0 bridgehead atoms. The number of anilines is 1. The first-order valence-electron chi connectivity index (χ1n) is 10.6. The van der Waals surface area contributed by atoms with E-state index in [4.69, 9.17) is 16.3 Å². The van der Waals surface area contributed by atoms with E-state index in [9.17, 15) is 14.7 Å². The summed E-state index contributed by atoms with van der Waals surface area (Å²) >= 11 is 8.82. The number of halogens is 1. The molecule has 1 fully saturated rings. The molecule has 4 aromatic rings. The number of aliphatic hydroxyl groups is 1. The second-order valence-corrected chi connectivity index (χ2v) is 10.7. The van der Waals surface area contributed by atoms with Gasteiger partial charge >= 0.3 is 5.91 Å². The number of benzene rings is 2. The van der Waals surface area contributed by atoms with Gasteiger partial charge in [0.05, 0.1) is 15.8 Å². The number of rotatable bonds is 3. The van der Waals surface area contributed by atoms with Crippen molar-refractivity contribution in [1.29, 1.82) is 0 Å². The minimum absolute atomic E-state index is 0.0524. The number of Topliss-reactive ketones (excluding diaryl/α,β-unsaturated/α-hetero) is 1. The number of aliphatic hydroxyl groups excluding tert-OH is 1. The maximum Gasteiger partial charge on any atom is 0.301 e. The highest BCUT2D eigenvalue weighted by atomic mass is 35.5. The Balaban J connectivity index is 1.51. The standard InChI is InChI=1S/C25H17ClN2O4S2/c1-12-9-14-10-13(4-7-17(14)32-12)22(29)20-21(18-3-2-8-33-18)28(24(31)23(20)30)25-27-16-6-5-15(26)11-19(16)34-25/h2-8,10-12,21,29H,9H2,1H3/b22-20+. The predicted octanol–water partition coefficient (Wildman–Crippen LogP) is 5.96. The van der Waals surface area contributed by atoms with Gasteiger partial charge in [-0.1, -0.05) is 29.0 Å². The molecule has 2 aliphatic rings. The Labute approximate surface area is 207 Å². The highest BCUT2D eigenvalue weighted by Crippen LogP contribution is 2.46. The number of ether oxygens (including phenoxy) is 1. The molecule has 9 heteroatoms. The molecule has 0 aliphatic carbocycles. The molecule has 6 nitrogen and oxygen atoms in total. The summed E-state index contributed by atoms with van der Waals surface area (Å²) < 4.78 is 6.56. The first kappa shape index (κ1) is 21.3. The summed E-state index contributed by atoms with van der Waals surface area (Å²) in [6.07, 6.45) is 0.768. The van der Waals surface area contributed by atoms with Crippen LogP contribution in [0, 0.1) is 0 Å². The van der Waals surface area contributed by atoms with Gasteiger partial charge in [-0.25, -0.2) is 4.98 Å². The van der Waals surface area contributed by atoms with Crippen LogP contribution in [0.2, 0.25) is 5.02 Å². The van der Waals surface area contributed by atoms with E-state index >= 15 is 0 Å². The Kier molecular flexibility index (Phi) is 4.98. The molecule has 2 aromatic heterocycles. The summed E-state index contributed by atoms with van der Waals surface area (Å²) in [6.45, 7) is 1.98. The number of aromatic nitrogens is 1. The molecule has 0 saturated carbocycles. The third-order valence-electron chi connectivity index (χ3n) is 5.97. The number of thiophene rings is 1. The van der Waals surface area contributed by atoms with Gasteiger partial charge in [0.1, 0.15) is 23.7 Å². The summed E-state index contributed by atoms with van der Waals surface area (Å²) in [5.41, 5.74) is 2.18. The molecule has 2 aromatic carbocycles. The minimum atomic E-state index is -0.778. The monoisotopic (exact) mass is 508 g/mol. The number of hydrogen-bond donors (Lipinski definition) is 1. The molecule has 34 heavy (non-hydrogen) atoms. The van der Waals surface area contributed by atoms with E-state index < -0.39 is 17.7 Å². The number of ketones is 1. The van der Waals surface area contributed by atoms with Gasteiger partial charge in [-0.3, -0.25) is 14.5 Å². The van der Waals surface area contributed by atoms with Crippen LogP contribution in [0.15, 0.2) is 59.5 Å². The van der Waals surface area contributed by atoms with Gasteiger partial charge in [-0.05, 0) is 60.3 Å². The zero-order chi connectivity index (χ0) is 23.6. The molecule has 2 aliphatic heterocycles. The van der Waals surface area contributed by atoms with Crippen molar-refractivity contribution < 1.29 is 19.4 Å². The molecule has 2 unspecified atom stereocenters. The van der Waals surface area contributed by atoms with Crippen LogP contribution in [-0.2, 0) is 16.0 Å². The van der Waals surface area contributed by atoms with Crippen molar-refractivity contribution >= 4 is 67.1 Å². The van der Waals surface area contributed by atoms with Crippen LogP contribution in [-0.4, -0.2) is 27.9 Å². The lowest BCUT2D eigenvalue weighted by Crippen LogP contribution is -2.28. The zero-order valence-electron chi connectivity index (χ0n) is 17.8. The molecule has 1 amide bonds. The number of thiazole rings is 1. The fourth-order valence-corrected chi connectivity index (χ4v) is 6.55. The van der Waals surface area contributed by atoms with Gasteiger partial charge in [-0.2, -0.15) is 0 Å². The number of nitrogens with zero attached hydrogens (tertiary/aromatic N) is 2. The maximum atomic E-state index is 13.3. The van der Waals surface area contributed by atoms with E-state index in [0.29, 0.717) is 27.7 Å². The Hall–Kier alpha value is -3.20. The largest absolute Gasteiger partial charge is 0.507 e. The van der Waals surface area contributed by atoms with E-state index in [1.54, 1.807) is 30.3 Å². The van der Waals surface area contributed by atoms with Crippen LogP contribution in [0.3, 0.4) is 0 Å². The van der Waals surface area contributed by atoms with Crippen LogP contribution >= 0.6 is 34.3 Å². The van der Waals surface area contributed by atoms with E-state index in [2.05, 4.69) is 4.98 Å². The highest BCUT2D eigenvalue weighted by molar-refractivity contribution is 7.22. The van der Waals surface area contributed by atoms with Crippen LogP contribution in [0.4, 0.5) is 5.13 Å². The van der Waals surface area contributed by atoms with Gasteiger partial charge in [0.15, 0.2) is 5.13 Å². The molecule has 2 atom stereocenters. The maximum absolute atomic E-state index is 13.3. The average Bonchev–Trinajstić information content (AvgIpc) is 3.58. The summed E-state index contributed by atoms with van der Waals surface area (Å²) in [7, 11) is 0. The molecule has 6 rings (SSSR count). The molecular formula is C25H17ClN2O4S2. The fraction of sp³-hybridized carbons (Fsp3) is 0.160. The average molecular weight is 509 g/mol. The van der Waals surface area contributed by atoms with Crippen molar-refractivity contribution in [3.63, 3.8) is 0 Å². The molecule has 1 N–H and O–H groups in total. The van der Waals surface area contributed by atoms with E-state index in [0.717, 1.165) is 20.9 Å². The second kappa shape index (κ2) is 7.94. The van der Waals surface area contributed by atoms with Gasteiger partial charge in [0.25, 0.3) is 5.78 Å². The Morgan fingerprint density at radius 2 is 2.06 bits per heavy atom. The van der Waals surface area contributed by atoms with Gasteiger partial charge in [0.2, 0.25) is 0 Å². The molecule has 1 saturated heterocycles. The first-order valence-corrected chi connectivity index (χ1v) is 12.7. The van der Waals surface area contributed by atoms with E-state index in [-0.39, 0.29) is 17.4 Å². The summed E-state index contributed by atoms with van der Waals surface area (Å²) in [5, 5.41) is 14.1. The fourth-order valence-electron chi connectivity index (χ4n) is 4.46. The normalized spacial score (nSPS) is 21.3. The number of hydrogen-bond acceptors (Lipinski definition) is 7. The van der Waals surface area contributed by atoms with Gasteiger partial charge in [-0.15, -0.1) is 11.3 Å². The smallest absolute Gasteiger partial charge is 0.301 e. The van der Waals surface area contributed by atoms with Crippen molar-refractivity contribution in [2.24, 2.45) is 0 Å². The van der Waals surface area contributed by atoms with E-state index in [1.807, 2.05) is 30.5 Å². The van der Waals surface area contributed by atoms with Crippen LogP contribution in [0.5, 0.6) is 5.75 Å². The Bertz CT molecular complexity index is 1510. The predicted molar refractivity (Wildman–Crippen MR) is 134 cm³/mol. The lowest BCUT2D eigenvalue weighted by atomic mass is 9.98. The van der Waals surface area contributed by atoms with Gasteiger partial charge < -0.3 is 9.84 Å². The number of carbonyl (C=O) groups is 2. The molecular weight excluding hydrogens is 492 g/mol. The summed E-state index contributed by atoms with van der Waals surface area (Å²) in [6, 6.07) is 13.6. The van der Waals surface area contributed by atoms with Crippen molar-refractivity contribution in [2.75, 3.05) is 4.90 Å².